The molecule has 0 aliphatic rings. The van der Waals surface area contributed by atoms with E-state index in [1.54, 1.807) is 18.2 Å². The molecule has 108 valence electrons. The highest BCUT2D eigenvalue weighted by Crippen LogP contribution is 2.34. The van der Waals surface area contributed by atoms with Gasteiger partial charge >= 0.3 is 0 Å². The molecule has 7 heteroatoms. The third-order valence-electron chi connectivity index (χ3n) is 3.46. The maximum Gasteiger partial charge on any atom is 0.201 e. The lowest BCUT2D eigenvalue weighted by atomic mass is 10.1. The molecule has 3 N–H and O–H groups in total. The first kappa shape index (κ1) is 12.4. The van der Waals surface area contributed by atoms with Gasteiger partial charge in [0, 0.05) is 11.6 Å². The zero-order chi connectivity index (χ0) is 15.3. The smallest absolute Gasteiger partial charge is 0.201 e. The molecule has 2 aromatic carbocycles. The third-order valence-corrected chi connectivity index (χ3v) is 3.46. The molecule has 0 spiro atoms. The molecular weight excluding hydrogens is 286 g/mol. The van der Waals surface area contributed by atoms with Gasteiger partial charge in [0.1, 0.15) is 11.3 Å². The van der Waals surface area contributed by atoms with Gasteiger partial charge in [-0.1, -0.05) is 5.21 Å². The summed E-state index contributed by atoms with van der Waals surface area (Å²) in [6.07, 6.45) is 0. The van der Waals surface area contributed by atoms with Crippen molar-refractivity contribution in [2.45, 2.75) is 0 Å². The number of aromatic nitrogens is 3. The number of hydrogen-bond donors (Lipinski definition) is 3. The Morgan fingerprint density at radius 2 is 1.95 bits per heavy atom. The van der Waals surface area contributed by atoms with E-state index in [-0.39, 0.29) is 27.9 Å². The minimum absolute atomic E-state index is 0.0530. The number of nitrogens with zero attached hydrogens (tertiary/aromatic N) is 2. The van der Waals surface area contributed by atoms with Crippen LogP contribution < -0.4 is 5.43 Å². The quantitative estimate of drug-likeness (QED) is 0.464. The fourth-order valence-electron chi connectivity index (χ4n) is 2.33. The number of hydrogen-bond acceptors (Lipinski definition) is 6. The average molecular weight is 295 g/mol. The number of phenolic OH excluding ortho intramolecular Hbond substituents is 2. The number of H-pyrrole nitrogens is 1. The van der Waals surface area contributed by atoms with Crippen molar-refractivity contribution in [1.29, 1.82) is 0 Å². The van der Waals surface area contributed by atoms with Gasteiger partial charge in [-0.05, 0) is 30.3 Å². The van der Waals surface area contributed by atoms with E-state index < -0.39 is 5.75 Å². The van der Waals surface area contributed by atoms with Crippen LogP contribution >= 0.6 is 0 Å². The highest BCUT2D eigenvalue weighted by Gasteiger charge is 2.13. The predicted molar refractivity (Wildman–Crippen MR) is 78.7 cm³/mol. The maximum atomic E-state index is 12.2. The molecule has 0 unspecified atom stereocenters. The van der Waals surface area contributed by atoms with Gasteiger partial charge in [0.15, 0.2) is 16.8 Å². The van der Waals surface area contributed by atoms with Crippen molar-refractivity contribution in [2.24, 2.45) is 0 Å². The van der Waals surface area contributed by atoms with Crippen LogP contribution in [0.4, 0.5) is 0 Å². The standard InChI is InChI=1S/C15H9N3O4/c19-11-4-2-8-12(20)6-13(22-15(8)14(11)21)7-1-3-9-10(5-7)17-18-16-9/h1-6,19,21H,(H,16,17,18). The minimum Gasteiger partial charge on any atom is -0.504 e. The molecule has 0 atom stereocenters. The normalized spacial score (nSPS) is 11.3. The first-order valence-electron chi connectivity index (χ1n) is 6.43. The summed E-state index contributed by atoms with van der Waals surface area (Å²) in [5.74, 6) is -0.540. The number of rotatable bonds is 1. The van der Waals surface area contributed by atoms with Crippen molar-refractivity contribution in [2.75, 3.05) is 0 Å². The van der Waals surface area contributed by atoms with E-state index in [1.165, 1.54) is 18.2 Å². The summed E-state index contributed by atoms with van der Waals surface area (Å²) in [7, 11) is 0. The Morgan fingerprint density at radius 3 is 2.82 bits per heavy atom. The van der Waals surface area contributed by atoms with Gasteiger partial charge in [-0.15, -0.1) is 5.10 Å². The van der Waals surface area contributed by atoms with Gasteiger partial charge in [0.25, 0.3) is 0 Å². The average Bonchev–Trinajstić information content (AvgIpc) is 2.98. The lowest BCUT2D eigenvalue weighted by Crippen LogP contribution is -2.00. The van der Waals surface area contributed by atoms with E-state index in [0.29, 0.717) is 11.1 Å². The van der Waals surface area contributed by atoms with E-state index in [0.717, 1.165) is 5.52 Å². The molecule has 2 aromatic heterocycles. The Bertz CT molecular complexity index is 1080. The van der Waals surface area contributed by atoms with Crippen LogP contribution in [0, 0.1) is 0 Å². The zero-order valence-corrected chi connectivity index (χ0v) is 11.1. The summed E-state index contributed by atoms with van der Waals surface area (Å²) in [4.78, 5) is 12.2. The Morgan fingerprint density at radius 1 is 1.09 bits per heavy atom. The summed E-state index contributed by atoms with van der Waals surface area (Å²) in [5.41, 5.74) is 1.63. The Kier molecular flexibility index (Phi) is 2.43. The molecule has 0 saturated carbocycles. The van der Waals surface area contributed by atoms with E-state index in [4.69, 9.17) is 4.42 Å². The van der Waals surface area contributed by atoms with E-state index in [1.807, 2.05) is 0 Å². The van der Waals surface area contributed by atoms with Crippen molar-refractivity contribution < 1.29 is 14.6 Å². The molecule has 0 bridgehead atoms. The first-order valence-corrected chi connectivity index (χ1v) is 6.43. The number of fused-ring (bicyclic) bond motifs is 2. The van der Waals surface area contributed by atoms with Crippen molar-refractivity contribution in [3.63, 3.8) is 0 Å². The van der Waals surface area contributed by atoms with Crippen LogP contribution in [0.2, 0.25) is 0 Å². The van der Waals surface area contributed by atoms with Gasteiger partial charge in [0.05, 0.1) is 10.9 Å². The van der Waals surface area contributed by atoms with Crippen LogP contribution in [0.3, 0.4) is 0 Å². The molecule has 7 nitrogen and oxygen atoms in total. The maximum absolute atomic E-state index is 12.2. The summed E-state index contributed by atoms with van der Waals surface area (Å²) in [6.45, 7) is 0. The van der Waals surface area contributed by atoms with E-state index >= 15 is 0 Å². The number of nitrogens with one attached hydrogen (secondary N) is 1. The lowest BCUT2D eigenvalue weighted by molar-refractivity contribution is 0.400. The molecule has 0 fully saturated rings. The van der Waals surface area contributed by atoms with Crippen LogP contribution in [0.25, 0.3) is 33.3 Å². The van der Waals surface area contributed by atoms with Crippen molar-refractivity contribution in [3.8, 4) is 22.8 Å². The van der Waals surface area contributed by atoms with Crippen molar-refractivity contribution in [3.05, 3.63) is 46.6 Å². The fourth-order valence-corrected chi connectivity index (χ4v) is 2.33. The first-order chi connectivity index (χ1) is 10.6. The molecular formula is C15H9N3O4. The molecule has 0 aliphatic carbocycles. The Hall–Kier alpha value is -3.35. The molecule has 2 heterocycles. The monoisotopic (exact) mass is 295 g/mol. The molecule has 0 aliphatic heterocycles. The van der Waals surface area contributed by atoms with E-state index in [9.17, 15) is 15.0 Å². The highest BCUT2D eigenvalue weighted by molar-refractivity contribution is 5.87. The molecule has 0 radical (unpaired) electrons. The van der Waals surface area contributed by atoms with Crippen LogP contribution in [0.5, 0.6) is 11.5 Å². The lowest BCUT2D eigenvalue weighted by Gasteiger charge is -2.05. The fraction of sp³-hybridized carbons (Fsp3) is 0. The molecule has 0 saturated heterocycles. The summed E-state index contributed by atoms with van der Waals surface area (Å²) in [6, 6.07) is 9.20. The molecule has 22 heavy (non-hydrogen) atoms. The summed E-state index contributed by atoms with van der Waals surface area (Å²) in [5, 5.41) is 30.0. The second-order valence-corrected chi connectivity index (χ2v) is 4.83. The predicted octanol–water partition coefficient (Wildman–Crippen LogP) is 2.14. The number of aromatic hydroxyl groups is 2. The molecule has 0 amide bonds. The van der Waals surface area contributed by atoms with Gasteiger partial charge in [-0.25, -0.2) is 0 Å². The van der Waals surface area contributed by atoms with Crippen LogP contribution in [-0.4, -0.2) is 25.6 Å². The highest BCUT2D eigenvalue weighted by atomic mass is 16.4. The SMILES string of the molecule is O=c1cc(-c2ccc3[nH]nnc3c2)oc2c(O)c(O)ccc12. The topological polar surface area (TPSA) is 112 Å². The van der Waals surface area contributed by atoms with Gasteiger partial charge < -0.3 is 14.6 Å². The summed E-state index contributed by atoms with van der Waals surface area (Å²) < 4.78 is 5.60. The second kappa shape index (κ2) is 4.32. The van der Waals surface area contributed by atoms with Gasteiger partial charge in [0.2, 0.25) is 5.75 Å². The Balaban J connectivity index is 2.02. The number of benzene rings is 2. The van der Waals surface area contributed by atoms with Crippen LogP contribution in [0.15, 0.2) is 45.6 Å². The zero-order valence-electron chi connectivity index (χ0n) is 11.1. The number of phenols is 2. The Labute approximate surface area is 122 Å². The van der Waals surface area contributed by atoms with Crippen LogP contribution in [-0.2, 0) is 0 Å². The molecule has 4 rings (SSSR count). The number of aromatic amines is 1. The van der Waals surface area contributed by atoms with Gasteiger partial charge in [-0.3, -0.25) is 9.89 Å². The van der Waals surface area contributed by atoms with Gasteiger partial charge in [-0.2, -0.15) is 0 Å². The van der Waals surface area contributed by atoms with Crippen LogP contribution in [0.1, 0.15) is 0 Å². The van der Waals surface area contributed by atoms with Crippen molar-refractivity contribution >= 4 is 22.0 Å². The second-order valence-electron chi connectivity index (χ2n) is 4.83. The summed E-state index contributed by atoms with van der Waals surface area (Å²) >= 11 is 0. The van der Waals surface area contributed by atoms with E-state index in [2.05, 4.69) is 15.4 Å². The van der Waals surface area contributed by atoms with Crippen molar-refractivity contribution in [1.82, 2.24) is 15.4 Å². The minimum atomic E-state index is -0.459. The third kappa shape index (κ3) is 1.72. The molecule has 4 aromatic rings. The largest absolute Gasteiger partial charge is 0.504 e.